The van der Waals surface area contributed by atoms with Gasteiger partial charge in [-0.1, -0.05) is 36.4 Å². The molecule has 4 aliphatic rings. The fraction of sp³-hybridized carbons (Fsp3) is 0.559. The van der Waals surface area contributed by atoms with Crippen molar-refractivity contribution in [3.63, 3.8) is 0 Å². The lowest BCUT2D eigenvalue weighted by molar-refractivity contribution is -0.137. The molecule has 0 aliphatic carbocycles. The number of hydrogen-bond donors (Lipinski definition) is 2. The topological polar surface area (TPSA) is 91.5 Å². The number of urea groups is 2. The maximum atomic E-state index is 13.9. The Bertz CT molecular complexity index is 1430. The summed E-state index contributed by atoms with van der Waals surface area (Å²) in [5, 5.41) is 5.84. The molecule has 0 aromatic heterocycles. The fourth-order valence-corrected chi connectivity index (χ4v) is 7.34. The molecule has 1 atom stereocenters. The second-order valence-electron chi connectivity index (χ2n) is 13.2. The van der Waals surface area contributed by atoms with Gasteiger partial charge < -0.3 is 30.2 Å². The maximum Gasteiger partial charge on any atom is 0.416 e. The van der Waals surface area contributed by atoms with E-state index in [0.29, 0.717) is 57.2 Å². The zero-order valence-corrected chi connectivity index (χ0v) is 26.8. The largest absolute Gasteiger partial charge is 0.416 e. The Balaban J connectivity index is 1.09. The quantitative estimate of drug-likeness (QED) is 0.490. The first-order valence-corrected chi connectivity index (χ1v) is 16.6. The third kappa shape index (κ3) is 7.83. The smallest absolute Gasteiger partial charge is 0.338 e. The molecule has 4 heterocycles. The average Bonchev–Trinajstić information content (AvgIpc) is 3.07. The van der Waals surface area contributed by atoms with Gasteiger partial charge in [0.2, 0.25) is 5.91 Å². The van der Waals surface area contributed by atoms with E-state index >= 15 is 0 Å². The van der Waals surface area contributed by atoms with E-state index in [1.54, 1.807) is 15.9 Å². The number of para-hydroxylation sites is 1. The number of fused-ring (bicyclic) bond motifs is 1. The normalized spacial score (nSPS) is 21.3. The minimum absolute atomic E-state index is 0.0456. The Labute approximate surface area is 273 Å². The van der Waals surface area contributed by atoms with Crippen LogP contribution in [-0.2, 0) is 23.9 Å². The Morgan fingerprint density at radius 2 is 1.55 bits per heavy atom. The van der Waals surface area contributed by atoms with Gasteiger partial charge in [-0.25, -0.2) is 9.59 Å². The number of carbonyl (C=O) groups is 3. The molecule has 6 rings (SSSR count). The molecule has 0 radical (unpaired) electrons. The highest BCUT2D eigenvalue weighted by atomic mass is 19.4. The summed E-state index contributed by atoms with van der Waals surface area (Å²) >= 11 is 0. The van der Waals surface area contributed by atoms with Gasteiger partial charge in [0.1, 0.15) is 6.04 Å². The molecule has 5 amide bonds. The number of benzene rings is 2. The SMILES string of the molecule is CN1CCC(N2CCN(C(=O)C(Cc3cccc(C(F)(F)F)c3)NC(=O)N3CCC(N4Cc5ccccc5NC4=O)CC3)CC2)CC1. The van der Waals surface area contributed by atoms with Crippen molar-refractivity contribution >= 4 is 23.7 Å². The van der Waals surface area contributed by atoms with E-state index < -0.39 is 23.8 Å². The van der Waals surface area contributed by atoms with Gasteiger partial charge in [0, 0.05) is 70.0 Å². The van der Waals surface area contributed by atoms with Gasteiger partial charge >= 0.3 is 18.2 Å². The summed E-state index contributed by atoms with van der Waals surface area (Å²) in [4.78, 5) is 50.3. The van der Waals surface area contributed by atoms with Crippen LogP contribution in [0.1, 0.15) is 42.4 Å². The van der Waals surface area contributed by atoms with E-state index in [4.69, 9.17) is 0 Å². The number of nitrogens with one attached hydrogen (secondary N) is 2. The lowest BCUT2D eigenvalue weighted by atomic mass is 10.00. The summed E-state index contributed by atoms with van der Waals surface area (Å²) in [6, 6.07) is 11.5. The molecule has 3 saturated heterocycles. The molecule has 0 saturated carbocycles. The van der Waals surface area contributed by atoms with E-state index in [1.165, 1.54) is 6.07 Å². The molecule has 2 N–H and O–H groups in total. The number of rotatable bonds is 6. The minimum atomic E-state index is -4.51. The van der Waals surface area contributed by atoms with E-state index in [0.717, 1.165) is 62.4 Å². The number of piperidine rings is 2. The first kappa shape index (κ1) is 33.1. The standard InChI is InChI=1S/C34H44F3N7O3/c1-40-13-9-27(10-14-40)41-17-19-42(20-18-41)31(45)30(22-24-5-4-7-26(21-24)34(35,36)37)39-32(46)43-15-11-28(12-16-43)44-23-25-6-2-3-8-29(25)38-33(44)47/h2-8,21,27-28,30H,9-20,22-23H2,1H3,(H,38,47)(H,39,46). The molecular weight excluding hydrogens is 611 g/mol. The third-order valence-corrected chi connectivity index (χ3v) is 10.2. The summed E-state index contributed by atoms with van der Waals surface area (Å²) in [6.07, 6.45) is -1.23. The summed E-state index contributed by atoms with van der Waals surface area (Å²) in [7, 11) is 2.13. The Hall–Kier alpha value is -3.84. The molecule has 10 nitrogen and oxygen atoms in total. The highest BCUT2D eigenvalue weighted by Crippen LogP contribution is 2.30. The number of amides is 5. The van der Waals surface area contributed by atoms with E-state index in [1.807, 2.05) is 29.2 Å². The molecule has 3 fully saturated rings. The lowest BCUT2D eigenvalue weighted by Crippen LogP contribution is -2.59. The van der Waals surface area contributed by atoms with Gasteiger partial charge in [0.25, 0.3) is 0 Å². The van der Waals surface area contributed by atoms with Crippen LogP contribution < -0.4 is 10.6 Å². The molecule has 254 valence electrons. The molecule has 1 unspecified atom stereocenters. The number of anilines is 1. The van der Waals surface area contributed by atoms with Crippen molar-refractivity contribution in [2.45, 2.75) is 63.0 Å². The molecule has 0 bridgehead atoms. The predicted molar refractivity (Wildman–Crippen MR) is 172 cm³/mol. The number of likely N-dealkylation sites (tertiary alicyclic amines) is 2. The molecule has 2 aromatic rings. The average molecular weight is 656 g/mol. The van der Waals surface area contributed by atoms with Crippen molar-refractivity contribution < 1.29 is 27.6 Å². The van der Waals surface area contributed by atoms with Crippen LogP contribution in [0.3, 0.4) is 0 Å². The fourth-order valence-electron chi connectivity index (χ4n) is 7.34. The maximum absolute atomic E-state index is 13.9. The van der Waals surface area contributed by atoms with Crippen molar-refractivity contribution in [1.82, 2.24) is 29.8 Å². The van der Waals surface area contributed by atoms with Gasteiger partial charge in [-0.2, -0.15) is 13.2 Å². The van der Waals surface area contributed by atoms with Crippen LogP contribution in [0.25, 0.3) is 0 Å². The molecule has 13 heteroatoms. The molecule has 4 aliphatic heterocycles. The van der Waals surface area contributed by atoms with Crippen LogP contribution in [0.4, 0.5) is 28.4 Å². The number of nitrogens with zero attached hydrogens (tertiary/aromatic N) is 5. The zero-order valence-electron chi connectivity index (χ0n) is 26.8. The Morgan fingerprint density at radius 1 is 0.872 bits per heavy atom. The number of piperazine rings is 1. The zero-order chi connectivity index (χ0) is 33.1. The lowest BCUT2D eigenvalue weighted by Gasteiger charge is -2.43. The molecule has 0 spiro atoms. The predicted octanol–water partition coefficient (Wildman–Crippen LogP) is 4.08. The number of carbonyl (C=O) groups excluding carboxylic acids is 3. The van der Waals surface area contributed by atoms with Crippen molar-refractivity contribution in [3.05, 3.63) is 65.2 Å². The highest BCUT2D eigenvalue weighted by molar-refractivity contribution is 5.92. The Morgan fingerprint density at radius 3 is 2.26 bits per heavy atom. The second kappa shape index (κ2) is 14.1. The van der Waals surface area contributed by atoms with E-state index in [2.05, 4.69) is 27.5 Å². The second-order valence-corrected chi connectivity index (χ2v) is 13.2. The summed E-state index contributed by atoms with van der Waals surface area (Å²) in [5.74, 6) is -0.280. The monoisotopic (exact) mass is 655 g/mol. The first-order chi connectivity index (χ1) is 22.5. The van der Waals surface area contributed by atoms with E-state index in [-0.39, 0.29) is 24.4 Å². The highest BCUT2D eigenvalue weighted by Gasteiger charge is 2.36. The summed E-state index contributed by atoms with van der Waals surface area (Å²) in [5.41, 5.74) is 1.39. The summed E-state index contributed by atoms with van der Waals surface area (Å²) in [6.45, 7) is 5.84. The van der Waals surface area contributed by atoms with Crippen LogP contribution >= 0.6 is 0 Å². The Kier molecular flexibility index (Phi) is 9.93. The third-order valence-electron chi connectivity index (χ3n) is 10.2. The first-order valence-electron chi connectivity index (χ1n) is 16.6. The minimum Gasteiger partial charge on any atom is -0.338 e. The molecule has 2 aromatic carbocycles. The number of halogens is 3. The van der Waals surface area contributed by atoms with Crippen LogP contribution in [0, 0.1) is 0 Å². The molecular formula is C34H44F3N7O3. The number of hydrogen-bond acceptors (Lipinski definition) is 5. The summed E-state index contributed by atoms with van der Waals surface area (Å²) < 4.78 is 40.5. The van der Waals surface area contributed by atoms with Gasteiger partial charge in [0.15, 0.2) is 0 Å². The van der Waals surface area contributed by atoms with Gasteiger partial charge in [-0.15, -0.1) is 0 Å². The van der Waals surface area contributed by atoms with Crippen LogP contribution in [0.5, 0.6) is 0 Å². The number of alkyl halides is 3. The van der Waals surface area contributed by atoms with Gasteiger partial charge in [0.05, 0.1) is 5.56 Å². The van der Waals surface area contributed by atoms with E-state index in [9.17, 15) is 27.6 Å². The van der Waals surface area contributed by atoms with Crippen molar-refractivity contribution in [3.8, 4) is 0 Å². The van der Waals surface area contributed by atoms with Crippen LogP contribution in [0.2, 0.25) is 0 Å². The van der Waals surface area contributed by atoms with Crippen LogP contribution in [0.15, 0.2) is 48.5 Å². The van der Waals surface area contributed by atoms with Crippen LogP contribution in [-0.4, -0.2) is 120 Å². The van der Waals surface area contributed by atoms with Gasteiger partial charge in [-0.3, -0.25) is 9.69 Å². The van der Waals surface area contributed by atoms with Crippen molar-refractivity contribution in [2.24, 2.45) is 0 Å². The van der Waals surface area contributed by atoms with Crippen molar-refractivity contribution in [2.75, 3.05) is 64.7 Å². The van der Waals surface area contributed by atoms with Crippen molar-refractivity contribution in [1.29, 1.82) is 0 Å². The molecule has 47 heavy (non-hydrogen) atoms. The van der Waals surface area contributed by atoms with Gasteiger partial charge in [-0.05, 0) is 69.1 Å².